The summed E-state index contributed by atoms with van der Waals surface area (Å²) in [6, 6.07) is 2.39. The highest BCUT2D eigenvalue weighted by atomic mass is 32.2. The van der Waals surface area contributed by atoms with Crippen molar-refractivity contribution in [2.75, 3.05) is 11.6 Å². The SMILES string of the molecule is Cc1occc1-c1nnc(SCC(=O)N2C(C)CCCC2C)n1N. The van der Waals surface area contributed by atoms with E-state index in [1.165, 1.54) is 22.9 Å². The Morgan fingerprint density at radius 1 is 1.38 bits per heavy atom. The van der Waals surface area contributed by atoms with Crippen LogP contribution in [0.4, 0.5) is 0 Å². The van der Waals surface area contributed by atoms with Crippen molar-refractivity contribution in [1.82, 2.24) is 19.8 Å². The maximum atomic E-state index is 12.6. The molecule has 0 radical (unpaired) electrons. The Balaban J connectivity index is 1.68. The number of nitrogen functional groups attached to an aromatic ring is 1. The Labute approximate surface area is 145 Å². The molecule has 2 aromatic rings. The smallest absolute Gasteiger partial charge is 0.233 e. The van der Waals surface area contributed by atoms with E-state index in [4.69, 9.17) is 10.3 Å². The molecular weight excluding hydrogens is 326 g/mol. The van der Waals surface area contributed by atoms with Crippen molar-refractivity contribution >= 4 is 17.7 Å². The minimum Gasteiger partial charge on any atom is -0.469 e. The van der Waals surface area contributed by atoms with Gasteiger partial charge in [0.1, 0.15) is 5.76 Å². The van der Waals surface area contributed by atoms with Gasteiger partial charge in [-0.05, 0) is 46.1 Å². The lowest BCUT2D eigenvalue weighted by Crippen LogP contribution is -2.48. The number of aryl methyl sites for hydroxylation is 1. The first-order valence-corrected chi connectivity index (χ1v) is 9.16. The summed E-state index contributed by atoms with van der Waals surface area (Å²) in [5.41, 5.74) is 0.807. The largest absolute Gasteiger partial charge is 0.469 e. The fourth-order valence-electron chi connectivity index (χ4n) is 3.29. The van der Waals surface area contributed by atoms with Crippen molar-refractivity contribution in [3.63, 3.8) is 0 Å². The minimum atomic E-state index is 0.128. The lowest BCUT2D eigenvalue weighted by atomic mass is 9.98. The molecule has 0 aromatic carbocycles. The van der Waals surface area contributed by atoms with Gasteiger partial charge in [0.05, 0.1) is 17.6 Å². The Hall–Kier alpha value is -1.96. The molecule has 130 valence electrons. The molecule has 2 atom stereocenters. The van der Waals surface area contributed by atoms with Crippen LogP contribution in [0.25, 0.3) is 11.4 Å². The van der Waals surface area contributed by atoms with Crippen molar-refractivity contribution in [2.45, 2.75) is 57.3 Å². The van der Waals surface area contributed by atoms with Crippen molar-refractivity contribution in [1.29, 1.82) is 0 Å². The van der Waals surface area contributed by atoms with E-state index in [2.05, 4.69) is 24.0 Å². The van der Waals surface area contributed by atoms with E-state index in [1.807, 2.05) is 11.8 Å². The van der Waals surface area contributed by atoms with Gasteiger partial charge in [-0.2, -0.15) is 0 Å². The molecule has 2 unspecified atom stereocenters. The first kappa shape index (κ1) is 16.9. The fraction of sp³-hybridized carbons (Fsp3) is 0.562. The molecule has 3 heterocycles. The molecule has 1 aliphatic heterocycles. The molecule has 1 saturated heterocycles. The number of hydrogen-bond acceptors (Lipinski definition) is 6. The van der Waals surface area contributed by atoms with Crippen LogP contribution in [0.3, 0.4) is 0 Å². The third-order valence-electron chi connectivity index (χ3n) is 4.57. The van der Waals surface area contributed by atoms with Crippen molar-refractivity contribution in [3.05, 3.63) is 18.1 Å². The molecule has 2 aromatic heterocycles. The fourth-order valence-corrected chi connectivity index (χ4v) is 4.02. The van der Waals surface area contributed by atoms with E-state index in [-0.39, 0.29) is 5.91 Å². The van der Waals surface area contributed by atoms with Crippen molar-refractivity contribution < 1.29 is 9.21 Å². The lowest BCUT2D eigenvalue weighted by Gasteiger charge is -2.39. The van der Waals surface area contributed by atoms with Crippen LogP contribution in [0.5, 0.6) is 0 Å². The third-order valence-corrected chi connectivity index (χ3v) is 5.50. The van der Waals surface area contributed by atoms with E-state index < -0.39 is 0 Å². The van der Waals surface area contributed by atoms with Gasteiger partial charge in [0.25, 0.3) is 0 Å². The summed E-state index contributed by atoms with van der Waals surface area (Å²) in [6.07, 6.45) is 4.91. The van der Waals surface area contributed by atoms with Crippen LogP contribution in [0, 0.1) is 6.92 Å². The summed E-state index contributed by atoms with van der Waals surface area (Å²) in [5, 5.41) is 8.75. The molecule has 1 amide bonds. The molecule has 1 fully saturated rings. The average molecular weight is 349 g/mol. The van der Waals surface area contributed by atoms with Crippen LogP contribution in [0.1, 0.15) is 38.9 Å². The number of aromatic nitrogens is 3. The number of piperidine rings is 1. The topological polar surface area (TPSA) is 90.2 Å². The number of furan rings is 1. The molecule has 7 nitrogen and oxygen atoms in total. The minimum absolute atomic E-state index is 0.128. The highest BCUT2D eigenvalue weighted by Gasteiger charge is 2.29. The summed E-state index contributed by atoms with van der Waals surface area (Å²) in [6.45, 7) is 6.08. The first-order chi connectivity index (χ1) is 11.5. The highest BCUT2D eigenvalue weighted by Crippen LogP contribution is 2.27. The summed E-state index contributed by atoms with van der Waals surface area (Å²) in [4.78, 5) is 14.6. The second-order valence-corrected chi connectivity index (χ2v) is 7.23. The van der Waals surface area contributed by atoms with Gasteiger partial charge < -0.3 is 15.2 Å². The zero-order valence-electron chi connectivity index (χ0n) is 14.2. The number of thioether (sulfide) groups is 1. The van der Waals surface area contributed by atoms with E-state index in [0.29, 0.717) is 28.8 Å². The van der Waals surface area contributed by atoms with Gasteiger partial charge in [0.2, 0.25) is 11.1 Å². The summed E-state index contributed by atoms with van der Waals surface area (Å²) in [7, 11) is 0. The number of likely N-dealkylation sites (tertiary alicyclic amines) is 1. The third kappa shape index (κ3) is 3.15. The van der Waals surface area contributed by atoms with Gasteiger partial charge in [-0.1, -0.05) is 11.8 Å². The molecule has 3 rings (SSSR count). The number of nitrogens with zero attached hydrogens (tertiary/aromatic N) is 4. The normalized spacial score (nSPS) is 21.2. The summed E-state index contributed by atoms with van der Waals surface area (Å²) < 4.78 is 6.70. The molecule has 24 heavy (non-hydrogen) atoms. The predicted molar refractivity (Wildman–Crippen MR) is 93.0 cm³/mol. The predicted octanol–water partition coefficient (Wildman–Crippen LogP) is 2.44. The van der Waals surface area contributed by atoms with Gasteiger partial charge >= 0.3 is 0 Å². The second-order valence-electron chi connectivity index (χ2n) is 6.29. The standard InChI is InChI=1S/C16H23N5O2S/c1-10-5-4-6-11(2)20(10)14(22)9-24-16-19-18-15(21(16)17)13-7-8-23-12(13)3/h7-8,10-11H,4-6,9,17H2,1-3H3. The van der Waals surface area contributed by atoms with Gasteiger partial charge in [-0.15, -0.1) is 10.2 Å². The molecule has 0 spiro atoms. The van der Waals surface area contributed by atoms with Crippen LogP contribution in [0.15, 0.2) is 21.9 Å². The zero-order valence-corrected chi connectivity index (χ0v) is 15.0. The lowest BCUT2D eigenvalue weighted by molar-refractivity contribution is -0.134. The summed E-state index contributed by atoms with van der Waals surface area (Å²) in [5.74, 6) is 7.80. The molecular formula is C16H23N5O2S. The van der Waals surface area contributed by atoms with Gasteiger partial charge in [0.15, 0.2) is 5.82 Å². The highest BCUT2D eigenvalue weighted by molar-refractivity contribution is 7.99. The number of hydrogen-bond donors (Lipinski definition) is 1. The first-order valence-electron chi connectivity index (χ1n) is 8.18. The van der Waals surface area contributed by atoms with Crippen molar-refractivity contribution in [2.24, 2.45) is 0 Å². The molecule has 0 saturated carbocycles. The van der Waals surface area contributed by atoms with Crippen LogP contribution < -0.4 is 5.84 Å². The Morgan fingerprint density at radius 2 is 2.08 bits per heavy atom. The monoisotopic (exact) mass is 349 g/mol. The van der Waals surface area contributed by atoms with E-state index in [1.54, 1.807) is 12.3 Å². The van der Waals surface area contributed by atoms with E-state index in [9.17, 15) is 4.79 Å². The second kappa shape index (κ2) is 6.88. The van der Waals surface area contributed by atoms with Crippen LogP contribution >= 0.6 is 11.8 Å². The Morgan fingerprint density at radius 3 is 2.71 bits per heavy atom. The van der Waals surface area contributed by atoms with Gasteiger partial charge in [-0.25, -0.2) is 4.68 Å². The maximum Gasteiger partial charge on any atom is 0.233 e. The quantitative estimate of drug-likeness (QED) is 0.673. The zero-order chi connectivity index (χ0) is 17.3. The molecule has 1 aliphatic rings. The number of carbonyl (C=O) groups is 1. The van der Waals surface area contributed by atoms with Crippen LogP contribution in [-0.4, -0.2) is 43.5 Å². The number of carbonyl (C=O) groups excluding carboxylic acids is 1. The maximum absolute atomic E-state index is 12.6. The van der Waals surface area contributed by atoms with Gasteiger partial charge in [-0.3, -0.25) is 4.79 Å². The van der Waals surface area contributed by atoms with E-state index >= 15 is 0 Å². The van der Waals surface area contributed by atoms with Crippen LogP contribution in [-0.2, 0) is 4.79 Å². The number of nitrogens with two attached hydrogens (primary N) is 1. The molecule has 2 N–H and O–H groups in total. The Kier molecular flexibility index (Phi) is 4.84. The molecule has 0 bridgehead atoms. The molecule has 8 heteroatoms. The van der Waals surface area contributed by atoms with Gasteiger partial charge in [0, 0.05) is 12.1 Å². The summed E-state index contributed by atoms with van der Waals surface area (Å²) >= 11 is 1.32. The molecule has 0 aliphatic carbocycles. The van der Waals surface area contributed by atoms with Crippen molar-refractivity contribution in [3.8, 4) is 11.4 Å². The van der Waals surface area contributed by atoms with Crippen LogP contribution in [0.2, 0.25) is 0 Å². The average Bonchev–Trinajstić information content (AvgIpc) is 3.11. The van der Waals surface area contributed by atoms with E-state index in [0.717, 1.165) is 24.2 Å². The number of amides is 1. The Bertz CT molecular complexity index is 716. The number of rotatable bonds is 4.